The van der Waals surface area contributed by atoms with E-state index in [0.717, 1.165) is 24.2 Å². The van der Waals surface area contributed by atoms with Crippen molar-refractivity contribution in [2.75, 3.05) is 17.7 Å². The molecule has 1 heterocycles. The minimum Gasteiger partial charge on any atom is -0.492 e. The van der Waals surface area contributed by atoms with Crippen LogP contribution in [0.4, 0.5) is 5.69 Å². The summed E-state index contributed by atoms with van der Waals surface area (Å²) >= 11 is 1.30. The highest BCUT2D eigenvalue weighted by molar-refractivity contribution is 7.99. The number of benzene rings is 1. The lowest BCUT2D eigenvalue weighted by Crippen LogP contribution is -2.32. The number of Topliss-reactive ketones (excluding diaryl/α,β-unsaturated/α-hetero) is 1. The van der Waals surface area contributed by atoms with Crippen LogP contribution < -0.4 is 10.1 Å². The minimum absolute atomic E-state index is 0.00372. The van der Waals surface area contributed by atoms with Crippen molar-refractivity contribution in [3.63, 3.8) is 0 Å². The largest absolute Gasteiger partial charge is 0.492 e. The molecule has 0 unspecified atom stereocenters. The average molecular weight is 455 g/mol. The van der Waals surface area contributed by atoms with Crippen LogP contribution in [0.5, 0.6) is 5.75 Å². The molecule has 0 saturated heterocycles. The first kappa shape index (κ1) is 22.7. The summed E-state index contributed by atoms with van der Waals surface area (Å²) in [4.78, 5) is 29.6. The van der Waals surface area contributed by atoms with E-state index >= 15 is 0 Å². The topological polar surface area (TPSA) is 94.1 Å². The van der Waals surface area contributed by atoms with E-state index in [1.807, 2.05) is 6.92 Å². The fraction of sp³-hybridized carbons (Fsp3) is 0.542. The number of carbonyl (C=O) groups is 2. The number of thioether (sulfide) groups is 1. The lowest BCUT2D eigenvalue weighted by Gasteiger charge is -2.33. The summed E-state index contributed by atoms with van der Waals surface area (Å²) < 4.78 is 5.58. The quantitative estimate of drug-likeness (QED) is 0.453. The number of nitrogens with zero attached hydrogens (tertiary/aromatic N) is 3. The Kier molecular flexibility index (Phi) is 6.00. The van der Waals surface area contributed by atoms with Crippen molar-refractivity contribution in [1.29, 1.82) is 0 Å². The third kappa shape index (κ3) is 3.68. The normalized spacial score (nSPS) is 22.5. The van der Waals surface area contributed by atoms with Gasteiger partial charge in [0.25, 0.3) is 0 Å². The third-order valence-electron chi connectivity index (χ3n) is 7.30. The molecule has 2 aliphatic rings. The maximum atomic E-state index is 12.9. The predicted octanol–water partition coefficient (Wildman–Crippen LogP) is 4.77. The van der Waals surface area contributed by atoms with Crippen molar-refractivity contribution in [3.05, 3.63) is 35.2 Å². The number of ether oxygens (including phenoxy) is 1. The molecule has 0 spiro atoms. The van der Waals surface area contributed by atoms with Crippen LogP contribution in [0, 0.1) is 5.41 Å². The Morgan fingerprint density at radius 2 is 2.00 bits per heavy atom. The molecule has 1 saturated carbocycles. The monoisotopic (exact) mass is 454 g/mol. The molecule has 170 valence electrons. The summed E-state index contributed by atoms with van der Waals surface area (Å²) in [6.07, 6.45) is 2.59. The molecule has 1 amide bonds. The molecule has 1 aromatic carbocycles. The standard InChI is InChI=1S/C24H30N4O3S/c1-6-19(30)25-16-12-14(8-9-18(16)31-7-2)17(29)13-32-22-26-21-20(27-28-22)15-10-11-24(21,5)23(15,3)4/h8-9,12,15H,6-7,10-11,13H2,1-5H3,(H,25,30)/t15-,24-/m0/s1. The van der Waals surface area contributed by atoms with Crippen molar-refractivity contribution in [2.24, 2.45) is 5.41 Å². The highest BCUT2D eigenvalue weighted by atomic mass is 32.2. The molecule has 0 radical (unpaired) electrons. The smallest absolute Gasteiger partial charge is 0.224 e. The predicted molar refractivity (Wildman–Crippen MR) is 125 cm³/mol. The zero-order chi connectivity index (χ0) is 23.1. The van der Waals surface area contributed by atoms with Gasteiger partial charge < -0.3 is 10.1 Å². The zero-order valence-electron chi connectivity index (χ0n) is 19.3. The van der Waals surface area contributed by atoms with Crippen molar-refractivity contribution in [2.45, 2.75) is 70.4 Å². The van der Waals surface area contributed by atoms with E-state index in [2.05, 4.69) is 36.3 Å². The molecule has 4 rings (SSSR count). The maximum Gasteiger partial charge on any atom is 0.224 e. The number of anilines is 1. The lowest BCUT2D eigenvalue weighted by molar-refractivity contribution is -0.115. The number of fused-ring (bicyclic) bond motifs is 5. The Bertz CT molecular complexity index is 1070. The maximum absolute atomic E-state index is 12.9. The lowest BCUT2D eigenvalue weighted by atomic mass is 9.70. The molecule has 1 N–H and O–H groups in total. The number of amides is 1. The minimum atomic E-state index is -0.131. The highest BCUT2D eigenvalue weighted by Crippen LogP contribution is 2.66. The molecule has 0 aliphatic heterocycles. The van der Waals surface area contributed by atoms with Gasteiger partial charge in [0.2, 0.25) is 11.1 Å². The number of aromatic nitrogens is 3. The molecule has 2 atom stereocenters. The van der Waals surface area contributed by atoms with Crippen molar-refractivity contribution >= 4 is 29.1 Å². The molecular formula is C24H30N4O3S. The van der Waals surface area contributed by atoms with Crippen LogP contribution in [0.3, 0.4) is 0 Å². The van der Waals surface area contributed by atoms with Crippen LogP contribution in [-0.4, -0.2) is 39.2 Å². The molecule has 2 aromatic rings. The van der Waals surface area contributed by atoms with Gasteiger partial charge in [0.1, 0.15) is 5.75 Å². The Balaban J connectivity index is 1.49. The van der Waals surface area contributed by atoms with E-state index in [1.54, 1.807) is 25.1 Å². The summed E-state index contributed by atoms with van der Waals surface area (Å²) in [5.41, 5.74) is 3.22. The summed E-state index contributed by atoms with van der Waals surface area (Å²) in [7, 11) is 0. The molecule has 8 heteroatoms. The second kappa shape index (κ2) is 8.46. The Morgan fingerprint density at radius 3 is 2.72 bits per heavy atom. The van der Waals surface area contributed by atoms with Gasteiger partial charge in [-0.15, -0.1) is 5.10 Å². The van der Waals surface area contributed by atoms with Crippen molar-refractivity contribution in [3.8, 4) is 5.75 Å². The van der Waals surface area contributed by atoms with Gasteiger partial charge in [-0.1, -0.05) is 39.5 Å². The summed E-state index contributed by atoms with van der Waals surface area (Å²) in [5.74, 6) is 0.953. The second-order valence-corrected chi connectivity index (χ2v) is 10.2. The van der Waals surface area contributed by atoms with E-state index < -0.39 is 0 Å². The van der Waals surface area contributed by atoms with Crippen LogP contribution >= 0.6 is 11.8 Å². The van der Waals surface area contributed by atoms with E-state index in [9.17, 15) is 9.59 Å². The summed E-state index contributed by atoms with van der Waals surface area (Å²) in [6.45, 7) is 11.0. The first-order valence-corrected chi connectivity index (χ1v) is 12.2. The van der Waals surface area contributed by atoms with Crippen molar-refractivity contribution in [1.82, 2.24) is 15.2 Å². The first-order valence-electron chi connectivity index (χ1n) is 11.2. The summed E-state index contributed by atoms with van der Waals surface area (Å²) in [5, 5.41) is 12.2. The van der Waals surface area contributed by atoms with Crippen LogP contribution in [0.1, 0.15) is 81.5 Å². The van der Waals surface area contributed by atoms with E-state index in [0.29, 0.717) is 41.1 Å². The van der Waals surface area contributed by atoms with Gasteiger partial charge in [0, 0.05) is 23.3 Å². The Hall–Kier alpha value is -2.48. The van der Waals surface area contributed by atoms with Gasteiger partial charge in [-0.3, -0.25) is 9.59 Å². The number of ketones is 1. The molecule has 1 aromatic heterocycles. The molecule has 7 nitrogen and oxygen atoms in total. The van der Waals surface area contributed by atoms with Gasteiger partial charge in [-0.2, -0.15) is 5.10 Å². The average Bonchev–Trinajstić information content (AvgIpc) is 3.11. The number of carbonyl (C=O) groups excluding carboxylic acids is 2. The zero-order valence-corrected chi connectivity index (χ0v) is 20.1. The number of nitrogens with one attached hydrogen (secondary N) is 1. The van der Waals surface area contributed by atoms with Gasteiger partial charge >= 0.3 is 0 Å². The van der Waals surface area contributed by atoms with E-state index in [4.69, 9.17) is 9.72 Å². The van der Waals surface area contributed by atoms with Gasteiger partial charge in [0.05, 0.1) is 29.4 Å². The van der Waals surface area contributed by atoms with Crippen LogP contribution in [0.15, 0.2) is 23.4 Å². The second-order valence-electron chi connectivity index (χ2n) is 9.23. The fourth-order valence-electron chi connectivity index (χ4n) is 4.96. The SMILES string of the molecule is CCOc1ccc(C(=O)CSc2nnc3c(n2)[C@]2(C)CC[C@@H]3C2(C)C)cc1NC(=O)CC. The Morgan fingerprint density at radius 1 is 1.22 bits per heavy atom. The van der Waals surface area contributed by atoms with Crippen molar-refractivity contribution < 1.29 is 14.3 Å². The van der Waals surface area contributed by atoms with Gasteiger partial charge in [-0.05, 0) is 43.4 Å². The van der Waals surface area contributed by atoms with Gasteiger partial charge in [0.15, 0.2) is 5.78 Å². The molecule has 2 aliphatic carbocycles. The van der Waals surface area contributed by atoms with Crippen LogP contribution in [0.2, 0.25) is 0 Å². The fourth-order valence-corrected chi connectivity index (χ4v) is 5.64. The van der Waals surface area contributed by atoms with Crippen LogP contribution in [0.25, 0.3) is 0 Å². The summed E-state index contributed by atoms with van der Waals surface area (Å²) in [6, 6.07) is 5.12. The first-order chi connectivity index (χ1) is 15.2. The number of hydrogen-bond donors (Lipinski definition) is 1. The van der Waals surface area contributed by atoms with Crippen LogP contribution in [-0.2, 0) is 10.2 Å². The molecule has 2 bridgehead atoms. The third-order valence-corrected chi connectivity index (χ3v) is 8.14. The highest BCUT2D eigenvalue weighted by Gasteiger charge is 2.61. The molecule has 32 heavy (non-hydrogen) atoms. The molecular weight excluding hydrogens is 424 g/mol. The number of rotatable bonds is 8. The van der Waals surface area contributed by atoms with E-state index in [1.165, 1.54) is 11.8 Å². The van der Waals surface area contributed by atoms with E-state index in [-0.39, 0.29) is 28.3 Å². The molecule has 1 fully saturated rings. The Labute approximate surface area is 193 Å². The van der Waals surface area contributed by atoms with Gasteiger partial charge in [-0.25, -0.2) is 4.98 Å². The number of hydrogen-bond acceptors (Lipinski definition) is 7.